The highest BCUT2D eigenvalue weighted by molar-refractivity contribution is 7.71. The van der Waals surface area contributed by atoms with Crippen molar-refractivity contribution in [1.82, 2.24) is 10.3 Å². The van der Waals surface area contributed by atoms with Gasteiger partial charge in [0.15, 0.2) is 0 Å². The van der Waals surface area contributed by atoms with Gasteiger partial charge in [0, 0.05) is 25.3 Å². The standard InChI is InChI=1S/C18H22N2O2S/c1-18(2,12-21)15(13-7-4-3-5-8-13)11-20-16(22)14-9-6-10-19-17(14)23/h3-10,15,21H,11-12H2,1-2H3,(H,19,23)(H,20,22)/t15-/m0/s1. The summed E-state index contributed by atoms with van der Waals surface area (Å²) >= 11 is 5.14. The summed E-state index contributed by atoms with van der Waals surface area (Å²) in [6.45, 7) is 4.45. The molecule has 1 heterocycles. The smallest absolute Gasteiger partial charge is 0.254 e. The van der Waals surface area contributed by atoms with Crippen LogP contribution in [0.15, 0.2) is 48.7 Å². The maximum Gasteiger partial charge on any atom is 0.254 e. The van der Waals surface area contributed by atoms with E-state index in [4.69, 9.17) is 12.2 Å². The van der Waals surface area contributed by atoms with Gasteiger partial charge in [-0.15, -0.1) is 0 Å². The van der Waals surface area contributed by atoms with Crippen LogP contribution in [0.25, 0.3) is 0 Å². The molecule has 0 spiro atoms. The number of aromatic nitrogens is 1. The van der Waals surface area contributed by atoms with E-state index in [-0.39, 0.29) is 23.8 Å². The van der Waals surface area contributed by atoms with Crippen LogP contribution in [0.3, 0.4) is 0 Å². The third-order valence-corrected chi connectivity index (χ3v) is 4.42. The Labute approximate surface area is 141 Å². The lowest BCUT2D eigenvalue weighted by Gasteiger charge is -2.33. The lowest BCUT2D eigenvalue weighted by molar-refractivity contribution is 0.0919. The van der Waals surface area contributed by atoms with Gasteiger partial charge in [0.1, 0.15) is 4.64 Å². The average Bonchev–Trinajstić information content (AvgIpc) is 2.56. The first-order valence-electron chi connectivity index (χ1n) is 7.57. The molecule has 2 aromatic rings. The van der Waals surface area contributed by atoms with E-state index in [0.717, 1.165) is 5.56 Å². The largest absolute Gasteiger partial charge is 0.396 e. The van der Waals surface area contributed by atoms with Crippen LogP contribution < -0.4 is 5.32 Å². The highest BCUT2D eigenvalue weighted by Crippen LogP contribution is 2.34. The second-order valence-corrected chi connectivity index (χ2v) is 6.64. The van der Waals surface area contributed by atoms with Crippen molar-refractivity contribution in [1.29, 1.82) is 0 Å². The monoisotopic (exact) mass is 330 g/mol. The number of aliphatic hydroxyl groups is 1. The van der Waals surface area contributed by atoms with Crippen molar-refractivity contribution in [2.24, 2.45) is 5.41 Å². The molecule has 0 aliphatic carbocycles. The van der Waals surface area contributed by atoms with Gasteiger partial charge in [-0.05, 0) is 23.1 Å². The Kier molecular flexibility index (Phi) is 5.69. The predicted octanol–water partition coefficient (Wildman–Crippen LogP) is 3.28. The van der Waals surface area contributed by atoms with Crippen LogP contribution in [0.1, 0.15) is 35.7 Å². The van der Waals surface area contributed by atoms with Crippen LogP contribution in [0.4, 0.5) is 0 Å². The van der Waals surface area contributed by atoms with Gasteiger partial charge in [0.2, 0.25) is 0 Å². The fraction of sp³-hybridized carbons (Fsp3) is 0.333. The van der Waals surface area contributed by atoms with Crippen molar-refractivity contribution in [2.75, 3.05) is 13.2 Å². The summed E-state index contributed by atoms with van der Waals surface area (Å²) in [5, 5.41) is 12.7. The van der Waals surface area contributed by atoms with Crippen molar-refractivity contribution in [3.63, 3.8) is 0 Å². The molecule has 4 nitrogen and oxygen atoms in total. The molecular weight excluding hydrogens is 308 g/mol. The van der Waals surface area contributed by atoms with Crippen molar-refractivity contribution < 1.29 is 9.90 Å². The Morgan fingerprint density at radius 3 is 2.57 bits per heavy atom. The number of benzene rings is 1. The first-order chi connectivity index (χ1) is 11.0. The summed E-state index contributed by atoms with van der Waals surface area (Å²) in [7, 11) is 0. The predicted molar refractivity (Wildman–Crippen MR) is 94.0 cm³/mol. The maximum atomic E-state index is 12.4. The first kappa shape index (κ1) is 17.4. The Balaban J connectivity index is 2.18. The van der Waals surface area contributed by atoms with E-state index in [2.05, 4.69) is 10.3 Å². The zero-order valence-electron chi connectivity index (χ0n) is 13.4. The summed E-state index contributed by atoms with van der Waals surface area (Å²) in [4.78, 5) is 15.2. The van der Waals surface area contributed by atoms with E-state index in [1.807, 2.05) is 44.2 Å². The van der Waals surface area contributed by atoms with Gasteiger partial charge < -0.3 is 15.4 Å². The van der Waals surface area contributed by atoms with Crippen molar-refractivity contribution in [3.05, 3.63) is 64.4 Å². The van der Waals surface area contributed by atoms with Crippen molar-refractivity contribution in [2.45, 2.75) is 19.8 Å². The highest BCUT2D eigenvalue weighted by Gasteiger charge is 2.30. The molecule has 0 aliphatic heterocycles. The molecule has 0 saturated heterocycles. The zero-order chi connectivity index (χ0) is 16.9. The summed E-state index contributed by atoms with van der Waals surface area (Å²) < 4.78 is 0.419. The number of rotatable bonds is 6. The van der Waals surface area contributed by atoms with Crippen molar-refractivity contribution in [3.8, 4) is 0 Å². The number of nitrogens with one attached hydrogen (secondary N) is 2. The maximum absolute atomic E-state index is 12.4. The fourth-order valence-corrected chi connectivity index (χ4v) is 2.76. The summed E-state index contributed by atoms with van der Waals surface area (Å²) in [5.74, 6) is -0.208. The number of aliphatic hydroxyl groups excluding tert-OH is 1. The molecule has 1 aromatic carbocycles. The van der Waals surface area contributed by atoms with Gasteiger partial charge in [0.05, 0.1) is 5.56 Å². The van der Waals surface area contributed by atoms with E-state index in [1.54, 1.807) is 18.3 Å². The van der Waals surface area contributed by atoms with Crippen LogP contribution in [-0.2, 0) is 0 Å². The summed E-state index contributed by atoms with van der Waals surface area (Å²) in [6.07, 6.45) is 1.70. The SMILES string of the molecule is CC(C)(CO)[C@@H](CNC(=O)c1ccc[nH]c1=S)c1ccccc1. The molecule has 1 amide bonds. The van der Waals surface area contributed by atoms with Crippen LogP contribution in [0, 0.1) is 10.1 Å². The lowest BCUT2D eigenvalue weighted by Crippen LogP contribution is -2.37. The van der Waals surface area contributed by atoms with Crippen LogP contribution in [0.2, 0.25) is 0 Å². The quantitative estimate of drug-likeness (QED) is 0.712. The second kappa shape index (κ2) is 7.53. The Morgan fingerprint density at radius 1 is 1.26 bits per heavy atom. The number of pyridine rings is 1. The number of carbonyl (C=O) groups excluding carboxylic acids is 1. The molecule has 1 atom stereocenters. The van der Waals surface area contributed by atoms with E-state index in [9.17, 15) is 9.90 Å². The Hall–Kier alpha value is -1.98. The molecular formula is C18H22N2O2S. The molecule has 3 N–H and O–H groups in total. The topological polar surface area (TPSA) is 65.1 Å². The summed E-state index contributed by atoms with van der Waals surface area (Å²) in [6, 6.07) is 13.4. The zero-order valence-corrected chi connectivity index (χ0v) is 14.2. The van der Waals surface area contributed by atoms with E-state index in [1.165, 1.54) is 0 Å². The molecule has 2 rings (SSSR count). The van der Waals surface area contributed by atoms with Crippen LogP contribution >= 0.6 is 12.2 Å². The fourth-order valence-electron chi connectivity index (χ4n) is 2.53. The van der Waals surface area contributed by atoms with Crippen LogP contribution in [-0.4, -0.2) is 29.1 Å². The third kappa shape index (κ3) is 4.27. The minimum absolute atomic E-state index is 0.00101. The molecule has 5 heteroatoms. The molecule has 0 saturated carbocycles. The van der Waals surface area contributed by atoms with Gasteiger partial charge in [0.25, 0.3) is 5.91 Å². The number of carbonyl (C=O) groups is 1. The average molecular weight is 330 g/mol. The highest BCUT2D eigenvalue weighted by atomic mass is 32.1. The number of hydrogen-bond donors (Lipinski definition) is 3. The minimum Gasteiger partial charge on any atom is -0.396 e. The van der Waals surface area contributed by atoms with Crippen LogP contribution in [0.5, 0.6) is 0 Å². The van der Waals surface area contributed by atoms with Gasteiger partial charge in [-0.25, -0.2) is 0 Å². The molecule has 1 aromatic heterocycles. The number of H-pyrrole nitrogens is 1. The molecule has 0 fully saturated rings. The van der Waals surface area contributed by atoms with Gasteiger partial charge >= 0.3 is 0 Å². The first-order valence-corrected chi connectivity index (χ1v) is 7.98. The Morgan fingerprint density at radius 2 is 1.96 bits per heavy atom. The molecule has 0 aliphatic rings. The number of aromatic amines is 1. The molecule has 0 bridgehead atoms. The lowest BCUT2D eigenvalue weighted by atomic mass is 9.75. The molecule has 0 radical (unpaired) electrons. The normalized spacial score (nSPS) is 12.7. The molecule has 0 unspecified atom stereocenters. The van der Waals surface area contributed by atoms with E-state index < -0.39 is 0 Å². The van der Waals surface area contributed by atoms with Gasteiger partial charge in [-0.1, -0.05) is 56.4 Å². The number of amides is 1. The van der Waals surface area contributed by atoms with E-state index >= 15 is 0 Å². The molecule has 23 heavy (non-hydrogen) atoms. The van der Waals surface area contributed by atoms with E-state index in [0.29, 0.717) is 16.7 Å². The minimum atomic E-state index is -0.353. The summed E-state index contributed by atoms with van der Waals surface area (Å²) in [5.41, 5.74) is 1.19. The second-order valence-electron chi connectivity index (χ2n) is 6.23. The third-order valence-electron chi connectivity index (χ3n) is 4.08. The Bertz CT molecular complexity index is 710. The molecule has 122 valence electrons. The van der Waals surface area contributed by atoms with Crippen molar-refractivity contribution >= 4 is 18.1 Å². The number of hydrogen-bond acceptors (Lipinski definition) is 3. The van der Waals surface area contributed by atoms with Gasteiger partial charge in [-0.3, -0.25) is 4.79 Å². The van der Waals surface area contributed by atoms with Gasteiger partial charge in [-0.2, -0.15) is 0 Å².